The van der Waals surface area contributed by atoms with Gasteiger partial charge < -0.3 is 5.73 Å². The van der Waals surface area contributed by atoms with Crippen LogP contribution in [0.2, 0.25) is 0 Å². The molecule has 0 amide bonds. The van der Waals surface area contributed by atoms with Gasteiger partial charge in [-0.25, -0.2) is 0 Å². The molecule has 2 N–H and O–H groups in total. The van der Waals surface area contributed by atoms with Crippen molar-refractivity contribution < 1.29 is 13.2 Å². The van der Waals surface area contributed by atoms with Crippen LogP contribution in [0, 0.1) is 0 Å². The third-order valence-electron chi connectivity index (χ3n) is 3.72. The van der Waals surface area contributed by atoms with Gasteiger partial charge >= 0.3 is 6.18 Å². The van der Waals surface area contributed by atoms with Gasteiger partial charge in [-0.2, -0.15) is 18.3 Å². The van der Waals surface area contributed by atoms with Gasteiger partial charge in [-0.05, 0) is 26.8 Å². The van der Waals surface area contributed by atoms with Crippen LogP contribution < -0.4 is 5.73 Å². The second kappa shape index (κ2) is 6.58. The molecule has 7 heteroatoms. The average Bonchev–Trinajstić information content (AvgIpc) is 2.72. The second-order valence-electron chi connectivity index (χ2n) is 5.55. The normalized spacial score (nSPS) is 15.6. The molecule has 0 spiro atoms. The van der Waals surface area contributed by atoms with Crippen molar-refractivity contribution >= 4 is 0 Å². The van der Waals surface area contributed by atoms with E-state index in [1.165, 1.54) is 0 Å². The Hall–Kier alpha value is -1.08. The minimum atomic E-state index is -4.10. The molecule has 0 radical (unpaired) electrons. The number of rotatable bonds is 7. The highest BCUT2D eigenvalue weighted by Gasteiger charge is 2.31. The maximum absolute atomic E-state index is 12.2. The third-order valence-corrected chi connectivity index (χ3v) is 3.72. The minimum absolute atomic E-state index is 0.0918. The molecule has 116 valence electrons. The lowest BCUT2D eigenvalue weighted by Crippen LogP contribution is -2.49. The maximum atomic E-state index is 12.2. The van der Waals surface area contributed by atoms with Crippen molar-refractivity contribution in [3.63, 3.8) is 0 Å². The minimum Gasteiger partial charge on any atom is -0.329 e. The number of halogens is 3. The van der Waals surface area contributed by atoms with Gasteiger partial charge in [0.2, 0.25) is 0 Å². The number of nitrogens with two attached hydrogens (primary N) is 1. The first-order chi connectivity index (χ1) is 9.16. The van der Waals surface area contributed by atoms with Crippen LogP contribution in [0.1, 0.15) is 31.7 Å². The quantitative estimate of drug-likeness (QED) is 0.839. The number of aromatic nitrogens is 2. The molecule has 0 aliphatic rings. The highest BCUT2D eigenvalue weighted by atomic mass is 19.4. The van der Waals surface area contributed by atoms with Gasteiger partial charge in [0.1, 0.15) is 0 Å². The third kappa shape index (κ3) is 5.13. The van der Waals surface area contributed by atoms with E-state index in [0.717, 1.165) is 5.56 Å². The summed E-state index contributed by atoms with van der Waals surface area (Å²) in [6.07, 6.45) is -0.707. The Labute approximate surface area is 117 Å². The largest absolute Gasteiger partial charge is 0.389 e. The first kappa shape index (κ1) is 17.0. The van der Waals surface area contributed by atoms with Gasteiger partial charge in [-0.15, -0.1) is 0 Å². The lowest BCUT2D eigenvalue weighted by molar-refractivity contribution is -0.136. The molecule has 1 unspecified atom stereocenters. The first-order valence-corrected chi connectivity index (χ1v) is 6.62. The lowest BCUT2D eigenvalue weighted by atomic mass is 9.92. The zero-order valence-electron chi connectivity index (χ0n) is 12.2. The van der Waals surface area contributed by atoms with E-state index < -0.39 is 18.1 Å². The van der Waals surface area contributed by atoms with Gasteiger partial charge in [0, 0.05) is 43.9 Å². The van der Waals surface area contributed by atoms with E-state index >= 15 is 0 Å². The Bertz CT molecular complexity index is 416. The highest BCUT2D eigenvalue weighted by molar-refractivity contribution is 5.04. The fourth-order valence-electron chi connectivity index (χ4n) is 2.14. The smallest absolute Gasteiger partial charge is 0.329 e. The fourth-order valence-corrected chi connectivity index (χ4v) is 2.14. The molecule has 0 saturated carbocycles. The molecule has 0 aliphatic carbocycles. The molecule has 1 aromatic rings. The summed E-state index contributed by atoms with van der Waals surface area (Å²) in [5.74, 6) is 0. The van der Waals surface area contributed by atoms with E-state index in [9.17, 15) is 13.2 Å². The summed E-state index contributed by atoms with van der Waals surface area (Å²) in [7, 11) is 3.71. The Morgan fingerprint density at radius 2 is 2.00 bits per heavy atom. The van der Waals surface area contributed by atoms with Crippen LogP contribution in [0.5, 0.6) is 0 Å². The molecule has 0 aliphatic heterocycles. The highest BCUT2D eigenvalue weighted by Crippen LogP contribution is 2.27. The Kier molecular flexibility index (Phi) is 5.59. The van der Waals surface area contributed by atoms with Crippen molar-refractivity contribution in [3.05, 3.63) is 18.0 Å². The van der Waals surface area contributed by atoms with Crippen LogP contribution in [0.15, 0.2) is 12.4 Å². The number of aryl methyl sites for hydroxylation is 1. The van der Waals surface area contributed by atoms with Crippen LogP contribution >= 0.6 is 0 Å². The fraction of sp³-hybridized carbons (Fsp3) is 0.769. The molecule has 0 aromatic carbocycles. The number of hydrogen-bond acceptors (Lipinski definition) is 3. The molecule has 4 nitrogen and oxygen atoms in total. The van der Waals surface area contributed by atoms with Gasteiger partial charge in [-0.1, -0.05) is 0 Å². The molecule has 1 heterocycles. The number of alkyl halides is 3. The topological polar surface area (TPSA) is 47.1 Å². The van der Waals surface area contributed by atoms with Crippen LogP contribution in [0.25, 0.3) is 0 Å². The van der Waals surface area contributed by atoms with Crippen molar-refractivity contribution in [1.82, 2.24) is 14.7 Å². The van der Waals surface area contributed by atoms with Crippen molar-refractivity contribution in [2.75, 3.05) is 13.6 Å². The molecule has 20 heavy (non-hydrogen) atoms. The summed E-state index contributed by atoms with van der Waals surface area (Å²) in [5.41, 5.74) is 6.35. The Balaban J connectivity index is 2.57. The summed E-state index contributed by atoms with van der Waals surface area (Å²) in [6, 6.07) is 0. The molecule has 1 atom stereocenters. The van der Waals surface area contributed by atoms with Crippen LogP contribution in [-0.4, -0.2) is 40.0 Å². The van der Waals surface area contributed by atoms with Crippen LogP contribution in [0.3, 0.4) is 0 Å². The van der Waals surface area contributed by atoms with Crippen LogP contribution in [-0.2, 0) is 13.6 Å². The van der Waals surface area contributed by atoms with Gasteiger partial charge in [0.15, 0.2) is 0 Å². The zero-order valence-corrected chi connectivity index (χ0v) is 12.2. The lowest BCUT2D eigenvalue weighted by Gasteiger charge is -2.38. The Morgan fingerprint density at radius 1 is 1.35 bits per heavy atom. The molecule has 0 bridgehead atoms. The van der Waals surface area contributed by atoms with Crippen molar-refractivity contribution in [2.24, 2.45) is 12.8 Å². The van der Waals surface area contributed by atoms with Crippen molar-refractivity contribution in [2.45, 2.75) is 44.4 Å². The van der Waals surface area contributed by atoms with Gasteiger partial charge in [-0.3, -0.25) is 9.58 Å². The van der Waals surface area contributed by atoms with E-state index in [0.29, 0.717) is 19.5 Å². The van der Waals surface area contributed by atoms with Crippen molar-refractivity contribution in [1.29, 1.82) is 0 Å². The molecular weight excluding hydrogens is 269 g/mol. The summed E-state index contributed by atoms with van der Waals surface area (Å²) < 4.78 is 38.4. The van der Waals surface area contributed by atoms with Crippen LogP contribution in [0.4, 0.5) is 13.2 Å². The van der Waals surface area contributed by atoms with E-state index in [4.69, 9.17) is 5.73 Å². The standard InChI is InChI=1S/C13H23F3N4/c1-12(10-17,5-4-6-13(14,15)16)19(2)8-11-7-18-20(3)9-11/h7,9H,4-6,8,10,17H2,1-3H3. The molecule has 0 fully saturated rings. The second-order valence-corrected chi connectivity index (χ2v) is 5.55. The van der Waals surface area contributed by atoms with Gasteiger partial charge in [0.25, 0.3) is 0 Å². The maximum Gasteiger partial charge on any atom is 0.389 e. The van der Waals surface area contributed by atoms with Crippen molar-refractivity contribution in [3.8, 4) is 0 Å². The molecule has 1 aromatic heterocycles. The van der Waals surface area contributed by atoms with E-state index in [-0.39, 0.29) is 6.42 Å². The summed E-state index contributed by atoms with van der Waals surface area (Å²) in [5, 5.41) is 4.08. The number of hydrogen-bond donors (Lipinski definition) is 1. The predicted molar refractivity (Wildman–Crippen MR) is 72.0 cm³/mol. The summed E-state index contributed by atoms with van der Waals surface area (Å²) in [6.45, 7) is 2.84. The summed E-state index contributed by atoms with van der Waals surface area (Å²) >= 11 is 0. The van der Waals surface area contributed by atoms with E-state index in [1.54, 1.807) is 10.9 Å². The molecule has 1 rings (SSSR count). The molecular formula is C13H23F3N4. The van der Waals surface area contributed by atoms with E-state index in [2.05, 4.69) is 5.10 Å². The monoisotopic (exact) mass is 292 g/mol. The first-order valence-electron chi connectivity index (χ1n) is 6.62. The zero-order chi connectivity index (χ0) is 15.4. The summed E-state index contributed by atoms with van der Waals surface area (Å²) in [4.78, 5) is 2.00. The SMILES string of the molecule is CN(Cc1cnn(C)c1)C(C)(CN)CCCC(F)(F)F. The number of nitrogens with zero attached hydrogens (tertiary/aromatic N) is 3. The average molecular weight is 292 g/mol. The number of likely N-dealkylation sites (N-methyl/N-ethyl adjacent to an activating group) is 1. The van der Waals surface area contributed by atoms with E-state index in [1.807, 2.05) is 32.1 Å². The Morgan fingerprint density at radius 3 is 2.45 bits per heavy atom. The molecule has 0 saturated heterocycles. The predicted octanol–water partition coefficient (Wildman–Crippen LogP) is 2.30. The van der Waals surface area contributed by atoms with Gasteiger partial charge in [0.05, 0.1) is 6.20 Å².